The van der Waals surface area contributed by atoms with Crippen molar-refractivity contribution in [3.8, 4) is 11.1 Å². The Hall–Kier alpha value is -3.42. The van der Waals surface area contributed by atoms with Gasteiger partial charge in [-0.15, -0.1) is 0 Å². The molecule has 0 spiro atoms. The van der Waals surface area contributed by atoms with E-state index in [2.05, 4.69) is 9.97 Å². The van der Waals surface area contributed by atoms with E-state index in [1.165, 1.54) is 12.3 Å². The van der Waals surface area contributed by atoms with Crippen molar-refractivity contribution in [2.24, 2.45) is 0 Å². The molecule has 2 aromatic carbocycles. The summed E-state index contributed by atoms with van der Waals surface area (Å²) >= 11 is 0. The number of nitrogens with two attached hydrogens (primary N) is 1. The molecule has 1 fully saturated rings. The van der Waals surface area contributed by atoms with Crippen LogP contribution >= 0.6 is 0 Å². The molecular weight excluding hydrogens is 417 g/mol. The molecule has 1 aliphatic rings. The Morgan fingerprint density at radius 1 is 1.09 bits per heavy atom. The van der Waals surface area contributed by atoms with Crippen LogP contribution in [0.15, 0.2) is 60.8 Å². The highest BCUT2D eigenvalue weighted by Gasteiger charge is 2.33. The number of rotatable bonds is 4. The lowest BCUT2D eigenvalue weighted by molar-refractivity contribution is -0.137. The van der Waals surface area contributed by atoms with Crippen molar-refractivity contribution in [3.63, 3.8) is 0 Å². The van der Waals surface area contributed by atoms with Crippen LogP contribution in [0.2, 0.25) is 0 Å². The molecule has 166 valence electrons. The summed E-state index contributed by atoms with van der Waals surface area (Å²) in [6.07, 6.45) is -0.378. The Balaban J connectivity index is 1.72. The number of amides is 1. The van der Waals surface area contributed by atoms with Gasteiger partial charge in [-0.1, -0.05) is 42.5 Å². The van der Waals surface area contributed by atoms with Crippen molar-refractivity contribution in [1.29, 1.82) is 0 Å². The average molecular weight is 440 g/mol. The lowest BCUT2D eigenvalue weighted by Crippen LogP contribution is -2.40. The molecule has 4 rings (SSSR count). The number of likely N-dealkylation sites (tertiary alicyclic amines) is 1. The number of halogens is 3. The van der Waals surface area contributed by atoms with E-state index in [1.54, 1.807) is 11.0 Å². The summed E-state index contributed by atoms with van der Waals surface area (Å²) in [5, 5.41) is 0. The van der Waals surface area contributed by atoms with E-state index in [4.69, 9.17) is 5.73 Å². The number of piperidine rings is 1. The topological polar surface area (TPSA) is 72.1 Å². The summed E-state index contributed by atoms with van der Waals surface area (Å²) in [4.78, 5) is 23.4. The number of hydrogen-bond acceptors (Lipinski definition) is 4. The van der Waals surface area contributed by atoms with Crippen LogP contribution < -0.4 is 5.73 Å². The third-order valence-electron chi connectivity index (χ3n) is 5.67. The van der Waals surface area contributed by atoms with Gasteiger partial charge in [0, 0.05) is 18.3 Å². The normalized spacial score (nSPS) is 16.7. The van der Waals surface area contributed by atoms with E-state index < -0.39 is 11.7 Å². The highest BCUT2D eigenvalue weighted by Crippen LogP contribution is 2.38. The van der Waals surface area contributed by atoms with Gasteiger partial charge >= 0.3 is 6.18 Å². The Morgan fingerprint density at radius 2 is 1.88 bits per heavy atom. The molecule has 2 N–H and O–H groups in total. The molecule has 8 heteroatoms. The molecule has 2 heterocycles. The maximum atomic E-state index is 13.3. The van der Waals surface area contributed by atoms with Crippen LogP contribution in [-0.4, -0.2) is 27.3 Å². The van der Waals surface area contributed by atoms with Gasteiger partial charge in [0.25, 0.3) is 0 Å². The van der Waals surface area contributed by atoms with Gasteiger partial charge in [0.05, 0.1) is 23.7 Å². The summed E-state index contributed by atoms with van der Waals surface area (Å²) in [5.74, 6) is -0.0233. The number of carbonyl (C=O) groups is 1. The second-order valence-corrected chi connectivity index (χ2v) is 7.87. The van der Waals surface area contributed by atoms with E-state index in [-0.39, 0.29) is 24.3 Å². The zero-order chi connectivity index (χ0) is 22.7. The molecule has 1 atom stereocenters. The first-order chi connectivity index (χ1) is 15.3. The number of aromatic nitrogens is 2. The van der Waals surface area contributed by atoms with Crippen LogP contribution in [-0.2, 0) is 17.4 Å². The molecular formula is C24H23F3N4O. The Bertz CT molecular complexity index is 1100. The fourth-order valence-corrected chi connectivity index (χ4v) is 4.14. The molecule has 1 saturated heterocycles. The largest absolute Gasteiger partial charge is 0.416 e. The van der Waals surface area contributed by atoms with Gasteiger partial charge in [-0.25, -0.2) is 9.97 Å². The number of anilines is 1. The van der Waals surface area contributed by atoms with Gasteiger partial charge in [0.1, 0.15) is 0 Å². The zero-order valence-electron chi connectivity index (χ0n) is 17.3. The third-order valence-corrected chi connectivity index (χ3v) is 5.67. The van der Waals surface area contributed by atoms with E-state index in [0.29, 0.717) is 29.8 Å². The molecule has 1 unspecified atom stereocenters. The smallest absolute Gasteiger partial charge is 0.368 e. The molecule has 1 aliphatic heterocycles. The van der Waals surface area contributed by atoms with Gasteiger partial charge in [-0.05, 0) is 42.5 Å². The minimum atomic E-state index is -4.46. The molecule has 5 nitrogen and oxygen atoms in total. The number of nitrogens with zero attached hydrogens (tertiary/aromatic N) is 3. The summed E-state index contributed by atoms with van der Waals surface area (Å²) in [5.41, 5.74) is 7.29. The zero-order valence-corrected chi connectivity index (χ0v) is 17.3. The number of benzene rings is 2. The van der Waals surface area contributed by atoms with Crippen molar-refractivity contribution in [2.45, 2.75) is 37.9 Å². The fraction of sp³-hybridized carbons (Fsp3) is 0.292. The summed E-state index contributed by atoms with van der Waals surface area (Å²) in [6, 6.07) is 14.1. The van der Waals surface area contributed by atoms with Gasteiger partial charge in [0.2, 0.25) is 11.9 Å². The predicted molar refractivity (Wildman–Crippen MR) is 115 cm³/mol. The fourth-order valence-electron chi connectivity index (χ4n) is 4.14. The third kappa shape index (κ3) is 4.74. The lowest BCUT2D eigenvalue weighted by atomic mass is 9.92. The minimum Gasteiger partial charge on any atom is -0.368 e. The number of hydrogen-bond donors (Lipinski definition) is 1. The van der Waals surface area contributed by atoms with E-state index in [9.17, 15) is 18.0 Å². The average Bonchev–Trinajstić information content (AvgIpc) is 2.79. The molecule has 0 aliphatic carbocycles. The molecule has 0 radical (unpaired) electrons. The van der Waals surface area contributed by atoms with Crippen molar-refractivity contribution in [2.75, 3.05) is 12.3 Å². The van der Waals surface area contributed by atoms with Crippen molar-refractivity contribution in [1.82, 2.24) is 14.9 Å². The van der Waals surface area contributed by atoms with Crippen LogP contribution in [0.3, 0.4) is 0 Å². The number of carbonyl (C=O) groups excluding carboxylic acids is 1. The maximum Gasteiger partial charge on any atom is 0.416 e. The second-order valence-electron chi connectivity index (χ2n) is 7.87. The monoisotopic (exact) mass is 440 g/mol. The predicted octanol–water partition coefficient (Wildman–Crippen LogP) is 5.04. The van der Waals surface area contributed by atoms with Crippen LogP contribution in [0.1, 0.15) is 42.1 Å². The van der Waals surface area contributed by atoms with Gasteiger partial charge in [0.15, 0.2) is 0 Å². The molecule has 0 saturated carbocycles. The SMILES string of the molecule is Nc1ncc(-c2cccc(C(F)(F)F)c2)c(C2CCCCN2C(=O)Cc2ccccc2)n1. The Labute approximate surface area is 184 Å². The van der Waals surface area contributed by atoms with E-state index >= 15 is 0 Å². The summed E-state index contributed by atoms with van der Waals surface area (Å²) in [7, 11) is 0. The highest BCUT2D eigenvalue weighted by molar-refractivity contribution is 5.80. The number of nitrogen functional groups attached to an aromatic ring is 1. The standard InChI is InChI=1S/C24H23F3N4O/c25-24(26,27)18-10-6-9-17(14-18)19-15-29-23(28)30-22(19)20-11-4-5-12-31(20)21(32)13-16-7-2-1-3-8-16/h1-3,6-10,14-15,20H,4-5,11-13H2,(H2,28,29,30). The molecule has 32 heavy (non-hydrogen) atoms. The van der Waals surface area contributed by atoms with E-state index in [0.717, 1.165) is 30.5 Å². The van der Waals surface area contributed by atoms with Crippen LogP contribution in [0.4, 0.5) is 19.1 Å². The first-order valence-corrected chi connectivity index (χ1v) is 10.5. The summed E-state index contributed by atoms with van der Waals surface area (Å²) < 4.78 is 39.8. The minimum absolute atomic E-state index is 0.0248. The summed E-state index contributed by atoms with van der Waals surface area (Å²) in [6.45, 7) is 0.558. The second kappa shape index (κ2) is 8.98. The van der Waals surface area contributed by atoms with Crippen LogP contribution in [0, 0.1) is 0 Å². The van der Waals surface area contributed by atoms with Crippen LogP contribution in [0.5, 0.6) is 0 Å². The lowest BCUT2D eigenvalue weighted by Gasteiger charge is -2.36. The molecule has 3 aromatic rings. The quantitative estimate of drug-likeness (QED) is 0.617. The van der Waals surface area contributed by atoms with Gasteiger partial charge < -0.3 is 10.6 Å². The maximum absolute atomic E-state index is 13.3. The highest BCUT2D eigenvalue weighted by atomic mass is 19.4. The Kier molecular flexibility index (Phi) is 6.12. The van der Waals surface area contributed by atoms with Gasteiger partial charge in [-0.3, -0.25) is 4.79 Å². The van der Waals surface area contributed by atoms with Crippen LogP contribution in [0.25, 0.3) is 11.1 Å². The van der Waals surface area contributed by atoms with Crippen molar-refractivity contribution in [3.05, 3.63) is 77.6 Å². The first-order valence-electron chi connectivity index (χ1n) is 10.5. The Morgan fingerprint density at radius 3 is 2.62 bits per heavy atom. The van der Waals surface area contributed by atoms with Gasteiger partial charge in [-0.2, -0.15) is 13.2 Å². The molecule has 0 bridgehead atoms. The number of alkyl halides is 3. The van der Waals surface area contributed by atoms with Crippen molar-refractivity contribution < 1.29 is 18.0 Å². The molecule has 1 amide bonds. The molecule has 1 aromatic heterocycles. The van der Waals surface area contributed by atoms with E-state index in [1.807, 2.05) is 30.3 Å². The van der Waals surface area contributed by atoms with Crippen molar-refractivity contribution >= 4 is 11.9 Å². The first kappa shape index (κ1) is 21.8.